The average molecular weight is 375 g/mol. The molecule has 7 heteroatoms. The highest BCUT2D eigenvalue weighted by Crippen LogP contribution is 2.22. The summed E-state index contributed by atoms with van der Waals surface area (Å²) in [5, 5.41) is 3.30. The molecule has 5 nitrogen and oxygen atoms in total. The number of aliphatic imine (C=N–C) groups is 1. The quantitative estimate of drug-likeness (QED) is 0.635. The number of halogens is 1. The first-order valence-electron chi connectivity index (χ1n) is 6.76. The lowest BCUT2D eigenvalue weighted by Crippen LogP contribution is -2.42. The van der Waals surface area contributed by atoms with Crippen LogP contribution in [0.3, 0.4) is 0 Å². The second kappa shape index (κ2) is 8.38. The number of likely N-dealkylation sites (N-methyl/N-ethyl adjacent to an activating group) is 1. The van der Waals surface area contributed by atoms with Gasteiger partial charge in [-0.2, -0.15) is 0 Å². The van der Waals surface area contributed by atoms with Crippen molar-refractivity contribution in [2.24, 2.45) is 4.99 Å². The van der Waals surface area contributed by atoms with E-state index in [1.54, 1.807) is 30.3 Å². The molecule has 0 aromatic carbocycles. The molecule has 1 heterocycles. The summed E-state index contributed by atoms with van der Waals surface area (Å²) in [5.74, 6) is 0.732. The molecule has 0 fully saturated rings. The summed E-state index contributed by atoms with van der Waals surface area (Å²) >= 11 is 5.17. The number of hydrogen-bond donors (Lipinski definition) is 1. The van der Waals surface area contributed by atoms with E-state index < -0.39 is 0 Å². The highest BCUT2D eigenvalue weighted by Gasteiger charge is 2.11. The van der Waals surface area contributed by atoms with Gasteiger partial charge in [-0.25, -0.2) is 4.99 Å². The van der Waals surface area contributed by atoms with Crippen LogP contribution in [0.4, 0.5) is 0 Å². The monoisotopic (exact) mass is 374 g/mol. The Morgan fingerprint density at radius 2 is 2.05 bits per heavy atom. The predicted molar refractivity (Wildman–Crippen MR) is 92.8 cm³/mol. The van der Waals surface area contributed by atoms with Crippen LogP contribution in [0.15, 0.2) is 20.9 Å². The van der Waals surface area contributed by atoms with Gasteiger partial charge < -0.3 is 15.1 Å². The van der Waals surface area contributed by atoms with Crippen molar-refractivity contribution in [2.45, 2.75) is 26.4 Å². The van der Waals surface area contributed by atoms with Gasteiger partial charge in [0.1, 0.15) is 6.54 Å². The Hall–Kier alpha value is -1.08. The van der Waals surface area contributed by atoms with E-state index in [0.717, 1.165) is 16.3 Å². The minimum Gasteiger partial charge on any atom is -0.354 e. The molecule has 0 radical (unpaired) electrons. The topological polar surface area (TPSA) is 47.9 Å². The average Bonchev–Trinajstić information content (AvgIpc) is 2.78. The van der Waals surface area contributed by atoms with Crippen LogP contribution in [-0.4, -0.2) is 55.4 Å². The number of guanidine groups is 1. The summed E-state index contributed by atoms with van der Waals surface area (Å²) < 4.78 is 1.11. The van der Waals surface area contributed by atoms with Gasteiger partial charge in [-0.15, -0.1) is 11.3 Å². The summed E-state index contributed by atoms with van der Waals surface area (Å²) in [5.41, 5.74) is 0. The molecule has 0 unspecified atom stereocenters. The predicted octanol–water partition coefficient (Wildman–Crippen LogP) is 2.38. The molecule has 0 bridgehead atoms. The summed E-state index contributed by atoms with van der Waals surface area (Å²) in [6.45, 7) is 5.02. The minimum atomic E-state index is -0.00896. The van der Waals surface area contributed by atoms with Gasteiger partial charge in [0, 0.05) is 32.1 Å². The van der Waals surface area contributed by atoms with Crippen molar-refractivity contribution in [3.05, 3.63) is 20.8 Å². The number of carbonyl (C=O) groups is 1. The second-order valence-electron chi connectivity index (χ2n) is 5.29. The lowest BCUT2D eigenvalue weighted by Gasteiger charge is -2.24. The van der Waals surface area contributed by atoms with Gasteiger partial charge in [0.15, 0.2) is 5.96 Å². The number of carbonyl (C=O) groups excluding carboxylic acids is 1. The minimum absolute atomic E-state index is 0.00896. The lowest BCUT2D eigenvalue weighted by molar-refractivity contribution is -0.127. The zero-order valence-corrected chi connectivity index (χ0v) is 15.6. The third-order valence-electron chi connectivity index (χ3n) is 2.66. The molecule has 0 saturated heterocycles. The fourth-order valence-corrected chi connectivity index (χ4v) is 3.10. The van der Waals surface area contributed by atoms with Gasteiger partial charge in [0.05, 0.1) is 10.3 Å². The summed E-state index contributed by atoms with van der Waals surface area (Å²) in [4.78, 5) is 20.9. The third-order valence-corrected chi connectivity index (χ3v) is 4.27. The van der Waals surface area contributed by atoms with Crippen LogP contribution < -0.4 is 5.32 Å². The summed E-state index contributed by atoms with van der Waals surface area (Å²) in [6.07, 6.45) is 0. The zero-order valence-electron chi connectivity index (χ0n) is 13.2. The molecular weight excluding hydrogens is 352 g/mol. The molecule has 0 saturated carbocycles. The highest BCUT2D eigenvalue weighted by molar-refractivity contribution is 9.11. The first-order valence-corrected chi connectivity index (χ1v) is 8.37. The van der Waals surface area contributed by atoms with E-state index in [-0.39, 0.29) is 18.5 Å². The Bertz CT molecular complexity index is 499. The summed E-state index contributed by atoms with van der Waals surface area (Å²) in [6, 6.07) is 4.38. The normalized spacial score (nSPS) is 11.7. The number of thiophene rings is 1. The SMILES string of the molecule is CC(C)NC(=NCC(=O)N(C)C)N(C)Cc1ccc(Br)s1. The number of nitrogens with one attached hydrogen (secondary N) is 1. The van der Waals surface area contributed by atoms with Crippen LogP contribution in [0.2, 0.25) is 0 Å². The molecule has 1 aromatic heterocycles. The Balaban J connectivity index is 2.75. The Morgan fingerprint density at radius 3 is 2.52 bits per heavy atom. The molecule has 1 amide bonds. The third kappa shape index (κ3) is 6.48. The van der Waals surface area contributed by atoms with Crippen LogP contribution in [0.25, 0.3) is 0 Å². The van der Waals surface area contributed by atoms with Gasteiger partial charge in [0.25, 0.3) is 0 Å². The van der Waals surface area contributed by atoms with Crippen molar-refractivity contribution < 1.29 is 4.79 Å². The maximum Gasteiger partial charge on any atom is 0.243 e. The molecule has 0 aliphatic rings. The van der Waals surface area contributed by atoms with E-state index in [0.29, 0.717) is 0 Å². The molecule has 0 aliphatic heterocycles. The number of rotatable bonds is 5. The lowest BCUT2D eigenvalue weighted by atomic mass is 10.4. The van der Waals surface area contributed by atoms with Crippen LogP contribution in [0.5, 0.6) is 0 Å². The summed E-state index contributed by atoms with van der Waals surface area (Å²) in [7, 11) is 5.45. The van der Waals surface area contributed by atoms with E-state index in [1.165, 1.54) is 4.88 Å². The fraction of sp³-hybridized carbons (Fsp3) is 0.571. The fourth-order valence-electron chi connectivity index (χ4n) is 1.56. The maximum atomic E-state index is 11.7. The first-order chi connectivity index (χ1) is 9.79. The van der Waals surface area contributed by atoms with Crippen LogP contribution >= 0.6 is 27.3 Å². The molecule has 0 atom stereocenters. The first kappa shape index (κ1) is 18.0. The second-order valence-corrected chi connectivity index (χ2v) is 7.84. The van der Waals surface area contributed by atoms with Gasteiger partial charge in [-0.05, 0) is 41.9 Å². The van der Waals surface area contributed by atoms with Crippen LogP contribution in [0, 0.1) is 0 Å². The van der Waals surface area contributed by atoms with Crippen molar-refractivity contribution in [3.8, 4) is 0 Å². The van der Waals surface area contributed by atoms with Crippen molar-refractivity contribution in [2.75, 3.05) is 27.7 Å². The highest BCUT2D eigenvalue weighted by atomic mass is 79.9. The van der Waals surface area contributed by atoms with E-state index in [1.807, 2.05) is 18.0 Å². The van der Waals surface area contributed by atoms with Crippen molar-refractivity contribution in [1.29, 1.82) is 0 Å². The smallest absolute Gasteiger partial charge is 0.243 e. The van der Waals surface area contributed by atoms with Gasteiger partial charge in [-0.1, -0.05) is 0 Å². The molecule has 21 heavy (non-hydrogen) atoms. The zero-order chi connectivity index (χ0) is 16.0. The largest absolute Gasteiger partial charge is 0.354 e. The number of nitrogens with zero attached hydrogens (tertiary/aromatic N) is 3. The van der Waals surface area contributed by atoms with Crippen molar-refractivity contribution >= 4 is 39.1 Å². The number of amides is 1. The Kier molecular flexibility index (Phi) is 7.17. The van der Waals surface area contributed by atoms with E-state index >= 15 is 0 Å². The molecule has 0 aliphatic carbocycles. The van der Waals surface area contributed by atoms with Crippen LogP contribution in [0.1, 0.15) is 18.7 Å². The van der Waals surface area contributed by atoms with E-state index in [2.05, 4.69) is 46.2 Å². The van der Waals surface area contributed by atoms with Gasteiger partial charge in [0.2, 0.25) is 5.91 Å². The van der Waals surface area contributed by atoms with E-state index in [9.17, 15) is 4.79 Å². The van der Waals surface area contributed by atoms with Crippen molar-refractivity contribution in [3.63, 3.8) is 0 Å². The molecule has 1 aromatic rings. The van der Waals surface area contributed by atoms with Crippen molar-refractivity contribution in [1.82, 2.24) is 15.1 Å². The molecule has 1 N–H and O–H groups in total. The standard InChI is InChI=1S/C14H23BrN4OS/c1-10(2)17-14(16-8-13(20)18(3)4)19(5)9-11-6-7-12(15)21-11/h6-7,10H,8-9H2,1-5H3,(H,16,17). The molecule has 1 rings (SSSR count). The number of hydrogen-bond acceptors (Lipinski definition) is 3. The molecule has 0 spiro atoms. The van der Waals surface area contributed by atoms with Gasteiger partial charge >= 0.3 is 0 Å². The molecular formula is C14H23BrN4OS. The molecule has 118 valence electrons. The van der Waals surface area contributed by atoms with Gasteiger partial charge in [-0.3, -0.25) is 4.79 Å². The maximum absolute atomic E-state index is 11.7. The van der Waals surface area contributed by atoms with E-state index in [4.69, 9.17) is 0 Å². The van der Waals surface area contributed by atoms with Crippen LogP contribution in [-0.2, 0) is 11.3 Å². The Labute approximate surface area is 139 Å². The Morgan fingerprint density at radius 1 is 1.38 bits per heavy atom.